The third kappa shape index (κ3) is 4.34. The highest BCUT2D eigenvalue weighted by Crippen LogP contribution is 2.20. The molecule has 0 bridgehead atoms. The van der Waals surface area contributed by atoms with Gasteiger partial charge < -0.3 is 10.0 Å². The first-order valence-electron chi connectivity index (χ1n) is 5.68. The number of thioether (sulfide) groups is 1. The number of aromatic nitrogens is 2. The van der Waals surface area contributed by atoms with Crippen LogP contribution in [0.15, 0.2) is 17.4 Å². The van der Waals surface area contributed by atoms with Gasteiger partial charge in [-0.15, -0.1) is 12.4 Å². The predicted octanol–water partition coefficient (Wildman–Crippen LogP) is 2.07. The summed E-state index contributed by atoms with van der Waals surface area (Å²) in [5.74, 6) is 0.0678. The van der Waals surface area contributed by atoms with Gasteiger partial charge in [0.25, 0.3) is 0 Å². The Hall–Kier alpha value is -1.01. The molecule has 1 N–H and O–H groups in total. The normalized spacial score (nSPS) is 15.0. The minimum Gasteiger partial charge on any atom is -0.481 e. The van der Waals surface area contributed by atoms with Crippen molar-refractivity contribution in [2.45, 2.75) is 24.4 Å². The van der Waals surface area contributed by atoms with E-state index in [4.69, 9.17) is 5.11 Å². The first-order valence-corrected chi connectivity index (χ1v) is 6.67. The zero-order valence-corrected chi connectivity index (χ0v) is 11.5. The zero-order valence-electron chi connectivity index (χ0n) is 9.91. The highest BCUT2D eigenvalue weighted by atomic mass is 35.5. The van der Waals surface area contributed by atoms with Gasteiger partial charge >= 0.3 is 5.97 Å². The Bertz CT molecular complexity index is 400. The van der Waals surface area contributed by atoms with Crippen molar-refractivity contribution in [3.05, 3.63) is 12.3 Å². The molecule has 0 aromatic carbocycles. The average molecular weight is 290 g/mol. The fourth-order valence-electron chi connectivity index (χ4n) is 1.83. The number of anilines is 1. The van der Waals surface area contributed by atoms with Gasteiger partial charge in [0.05, 0.1) is 5.75 Å². The second-order valence-electron chi connectivity index (χ2n) is 3.93. The lowest BCUT2D eigenvalue weighted by Crippen LogP contribution is -2.30. The van der Waals surface area contributed by atoms with Crippen LogP contribution in [0.5, 0.6) is 0 Å². The Morgan fingerprint density at radius 3 is 2.78 bits per heavy atom. The van der Waals surface area contributed by atoms with Crippen molar-refractivity contribution in [2.75, 3.05) is 23.7 Å². The van der Waals surface area contributed by atoms with Crippen LogP contribution in [0.1, 0.15) is 19.3 Å². The summed E-state index contributed by atoms with van der Waals surface area (Å²) >= 11 is 1.16. The van der Waals surface area contributed by atoms with E-state index in [0.29, 0.717) is 5.16 Å². The number of rotatable bonds is 4. The van der Waals surface area contributed by atoms with Crippen molar-refractivity contribution in [3.63, 3.8) is 0 Å². The second-order valence-corrected chi connectivity index (χ2v) is 4.87. The van der Waals surface area contributed by atoms with E-state index in [1.54, 1.807) is 6.20 Å². The molecule has 0 aliphatic carbocycles. The van der Waals surface area contributed by atoms with Gasteiger partial charge in [0.15, 0.2) is 5.16 Å². The van der Waals surface area contributed by atoms with Gasteiger partial charge in [-0.1, -0.05) is 11.8 Å². The molecule has 0 saturated carbocycles. The molecule has 1 fully saturated rings. The molecule has 100 valence electrons. The molecular weight excluding hydrogens is 274 g/mol. The summed E-state index contributed by atoms with van der Waals surface area (Å²) in [7, 11) is 0. The van der Waals surface area contributed by atoms with Gasteiger partial charge in [-0.05, 0) is 25.3 Å². The van der Waals surface area contributed by atoms with Gasteiger partial charge in [-0.3, -0.25) is 4.79 Å². The van der Waals surface area contributed by atoms with Crippen molar-refractivity contribution in [2.24, 2.45) is 0 Å². The minimum absolute atomic E-state index is 0. The van der Waals surface area contributed by atoms with E-state index >= 15 is 0 Å². The summed E-state index contributed by atoms with van der Waals surface area (Å²) in [4.78, 5) is 21.2. The molecule has 1 saturated heterocycles. The topological polar surface area (TPSA) is 66.3 Å². The standard InChI is InChI=1S/C11H15N3O2S.ClH/c15-10(16)8-17-11-12-5-4-9(13-11)14-6-2-1-3-7-14;/h4-5H,1-3,6-8H2,(H,15,16);1H. The molecule has 2 heterocycles. The van der Waals surface area contributed by atoms with Crippen molar-refractivity contribution in [1.82, 2.24) is 9.97 Å². The van der Waals surface area contributed by atoms with E-state index in [2.05, 4.69) is 14.9 Å². The summed E-state index contributed by atoms with van der Waals surface area (Å²) in [6, 6.07) is 1.89. The molecule has 5 nitrogen and oxygen atoms in total. The van der Waals surface area contributed by atoms with E-state index in [1.807, 2.05) is 6.07 Å². The molecule has 18 heavy (non-hydrogen) atoms. The average Bonchev–Trinajstić information content (AvgIpc) is 2.38. The lowest BCUT2D eigenvalue weighted by molar-refractivity contribution is -0.133. The summed E-state index contributed by atoms with van der Waals surface area (Å²) in [5.41, 5.74) is 0. The smallest absolute Gasteiger partial charge is 0.313 e. The molecule has 1 aromatic rings. The number of nitrogens with zero attached hydrogens (tertiary/aromatic N) is 3. The number of hydrogen-bond acceptors (Lipinski definition) is 5. The minimum atomic E-state index is -0.845. The number of halogens is 1. The quantitative estimate of drug-likeness (QED) is 0.676. The number of hydrogen-bond donors (Lipinski definition) is 1. The maximum atomic E-state index is 10.5. The monoisotopic (exact) mass is 289 g/mol. The van der Waals surface area contributed by atoms with Gasteiger partial charge in [0, 0.05) is 19.3 Å². The number of carboxylic acid groups (broad SMARTS) is 1. The molecule has 2 rings (SSSR count). The van der Waals surface area contributed by atoms with Crippen LogP contribution in [-0.4, -0.2) is 39.9 Å². The van der Waals surface area contributed by atoms with Gasteiger partial charge in [0.1, 0.15) is 5.82 Å². The summed E-state index contributed by atoms with van der Waals surface area (Å²) in [5, 5.41) is 9.14. The summed E-state index contributed by atoms with van der Waals surface area (Å²) < 4.78 is 0. The van der Waals surface area contributed by atoms with Gasteiger partial charge in [-0.2, -0.15) is 0 Å². The van der Waals surface area contributed by atoms with E-state index in [1.165, 1.54) is 19.3 Å². The van der Waals surface area contributed by atoms with E-state index in [0.717, 1.165) is 30.7 Å². The van der Waals surface area contributed by atoms with Crippen LogP contribution in [0, 0.1) is 0 Å². The highest BCUT2D eigenvalue weighted by Gasteiger charge is 2.13. The molecule has 0 unspecified atom stereocenters. The fraction of sp³-hybridized carbons (Fsp3) is 0.545. The molecule has 7 heteroatoms. The lowest BCUT2D eigenvalue weighted by atomic mass is 10.1. The van der Waals surface area contributed by atoms with Crippen LogP contribution in [0.3, 0.4) is 0 Å². The van der Waals surface area contributed by atoms with Crippen LogP contribution in [0.25, 0.3) is 0 Å². The van der Waals surface area contributed by atoms with E-state index in [-0.39, 0.29) is 18.2 Å². The Morgan fingerprint density at radius 2 is 2.11 bits per heavy atom. The molecular formula is C11H16ClN3O2S. The maximum absolute atomic E-state index is 10.5. The largest absolute Gasteiger partial charge is 0.481 e. The SMILES string of the molecule is Cl.O=C(O)CSc1nccc(N2CCCCC2)n1. The van der Waals surface area contributed by atoms with Crippen LogP contribution >= 0.6 is 24.2 Å². The zero-order chi connectivity index (χ0) is 12.1. The van der Waals surface area contributed by atoms with E-state index < -0.39 is 5.97 Å². The third-order valence-corrected chi connectivity index (χ3v) is 3.47. The second kappa shape index (κ2) is 7.43. The van der Waals surface area contributed by atoms with Crippen molar-refractivity contribution >= 4 is 36.0 Å². The predicted molar refractivity (Wildman–Crippen MR) is 73.7 cm³/mol. The number of aliphatic carboxylic acids is 1. The van der Waals surface area contributed by atoms with Crippen LogP contribution < -0.4 is 4.90 Å². The number of carboxylic acids is 1. The van der Waals surface area contributed by atoms with Crippen molar-refractivity contribution < 1.29 is 9.90 Å². The van der Waals surface area contributed by atoms with Crippen LogP contribution in [0.4, 0.5) is 5.82 Å². The third-order valence-electron chi connectivity index (χ3n) is 2.62. The first-order chi connectivity index (χ1) is 8.25. The Kier molecular flexibility index (Phi) is 6.21. The Balaban J connectivity index is 0.00000162. The fourth-order valence-corrected chi connectivity index (χ4v) is 2.37. The Morgan fingerprint density at radius 1 is 1.39 bits per heavy atom. The number of piperidine rings is 1. The van der Waals surface area contributed by atoms with Crippen molar-refractivity contribution in [3.8, 4) is 0 Å². The first kappa shape index (κ1) is 15.0. The van der Waals surface area contributed by atoms with Crippen LogP contribution in [-0.2, 0) is 4.79 Å². The van der Waals surface area contributed by atoms with Crippen LogP contribution in [0.2, 0.25) is 0 Å². The molecule has 1 aromatic heterocycles. The van der Waals surface area contributed by atoms with E-state index in [9.17, 15) is 4.79 Å². The molecule has 0 amide bonds. The number of carbonyl (C=O) groups is 1. The molecule has 0 atom stereocenters. The Labute approximate surface area is 116 Å². The summed E-state index contributed by atoms with van der Waals surface area (Å²) in [6.07, 6.45) is 5.37. The lowest BCUT2D eigenvalue weighted by Gasteiger charge is -2.27. The molecule has 1 aliphatic heterocycles. The highest BCUT2D eigenvalue weighted by molar-refractivity contribution is 7.99. The molecule has 0 spiro atoms. The van der Waals surface area contributed by atoms with Crippen molar-refractivity contribution in [1.29, 1.82) is 0 Å². The molecule has 0 radical (unpaired) electrons. The maximum Gasteiger partial charge on any atom is 0.313 e. The van der Waals surface area contributed by atoms with Gasteiger partial charge in [-0.25, -0.2) is 9.97 Å². The summed E-state index contributed by atoms with van der Waals surface area (Å²) in [6.45, 7) is 2.06. The van der Waals surface area contributed by atoms with Gasteiger partial charge in [0.2, 0.25) is 0 Å². The molecule has 1 aliphatic rings.